The third-order valence-corrected chi connectivity index (χ3v) is 3.68. The summed E-state index contributed by atoms with van der Waals surface area (Å²) in [6, 6.07) is 1.69. The van der Waals surface area contributed by atoms with Crippen LogP contribution in [0.25, 0.3) is 0 Å². The van der Waals surface area contributed by atoms with Gasteiger partial charge in [-0.15, -0.1) is 0 Å². The van der Waals surface area contributed by atoms with E-state index in [4.69, 9.17) is 0 Å². The highest BCUT2D eigenvalue weighted by molar-refractivity contribution is 9.10. The fourth-order valence-corrected chi connectivity index (χ4v) is 1.88. The number of carbonyl (C=O) groups excluding carboxylic acids is 1. The lowest BCUT2D eigenvalue weighted by atomic mass is 9.88. The number of halogens is 1. The van der Waals surface area contributed by atoms with Crippen LogP contribution in [-0.4, -0.2) is 28.1 Å². The Morgan fingerprint density at radius 3 is 2.83 bits per heavy atom. The van der Waals surface area contributed by atoms with Crippen molar-refractivity contribution in [3.63, 3.8) is 0 Å². The quantitative estimate of drug-likeness (QED) is 0.877. The molecule has 1 rings (SSSR count). The lowest BCUT2D eigenvalue weighted by Crippen LogP contribution is -2.45. The van der Waals surface area contributed by atoms with Crippen LogP contribution in [0.4, 0.5) is 0 Å². The molecule has 0 spiro atoms. The van der Waals surface area contributed by atoms with Gasteiger partial charge >= 0.3 is 0 Å². The largest absolute Gasteiger partial charge is 0.388 e. The third kappa shape index (κ3) is 4.07. The predicted octanol–water partition coefficient (Wildman–Crippen LogP) is 2.37. The summed E-state index contributed by atoms with van der Waals surface area (Å²) in [6.45, 7) is 5.94. The SMILES string of the molecule is CCC(C)C(C)(O)CNC(=O)c1cncc(Br)c1. The van der Waals surface area contributed by atoms with Gasteiger partial charge in [0, 0.05) is 23.4 Å². The maximum atomic E-state index is 11.9. The number of carbonyl (C=O) groups is 1. The van der Waals surface area contributed by atoms with Crippen LogP contribution in [-0.2, 0) is 0 Å². The van der Waals surface area contributed by atoms with Crippen molar-refractivity contribution in [3.8, 4) is 0 Å². The van der Waals surface area contributed by atoms with Crippen LogP contribution in [0.3, 0.4) is 0 Å². The topological polar surface area (TPSA) is 62.2 Å². The summed E-state index contributed by atoms with van der Waals surface area (Å²) in [5, 5.41) is 12.9. The Morgan fingerprint density at radius 2 is 2.28 bits per heavy atom. The first-order chi connectivity index (χ1) is 8.36. The summed E-state index contributed by atoms with van der Waals surface area (Å²) in [5.41, 5.74) is -0.423. The van der Waals surface area contributed by atoms with E-state index >= 15 is 0 Å². The molecular weight excluding hydrogens is 296 g/mol. The molecule has 0 saturated heterocycles. The van der Waals surface area contributed by atoms with E-state index in [1.165, 1.54) is 6.20 Å². The third-order valence-electron chi connectivity index (χ3n) is 3.25. The first-order valence-corrected chi connectivity index (χ1v) is 6.77. The lowest BCUT2D eigenvalue weighted by Gasteiger charge is -2.29. The minimum Gasteiger partial charge on any atom is -0.388 e. The molecule has 18 heavy (non-hydrogen) atoms. The summed E-state index contributed by atoms with van der Waals surface area (Å²) >= 11 is 3.26. The van der Waals surface area contributed by atoms with E-state index in [9.17, 15) is 9.90 Å². The zero-order valence-electron chi connectivity index (χ0n) is 10.9. The van der Waals surface area contributed by atoms with Crippen molar-refractivity contribution in [2.24, 2.45) is 5.92 Å². The molecule has 2 atom stereocenters. The molecule has 0 radical (unpaired) electrons. The van der Waals surface area contributed by atoms with Gasteiger partial charge in [-0.25, -0.2) is 0 Å². The van der Waals surface area contributed by atoms with Gasteiger partial charge in [-0.2, -0.15) is 0 Å². The number of hydrogen-bond acceptors (Lipinski definition) is 3. The van der Waals surface area contributed by atoms with Gasteiger partial charge in [0.05, 0.1) is 11.2 Å². The van der Waals surface area contributed by atoms with Crippen LogP contribution in [0.2, 0.25) is 0 Å². The van der Waals surface area contributed by atoms with Gasteiger partial charge < -0.3 is 10.4 Å². The molecule has 100 valence electrons. The maximum absolute atomic E-state index is 11.9. The van der Waals surface area contributed by atoms with Gasteiger partial charge in [-0.1, -0.05) is 20.3 Å². The van der Waals surface area contributed by atoms with E-state index in [0.717, 1.165) is 10.9 Å². The number of aromatic nitrogens is 1. The molecule has 4 nitrogen and oxygen atoms in total. The van der Waals surface area contributed by atoms with E-state index in [-0.39, 0.29) is 18.4 Å². The number of hydrogen-bond donors (Lipinski definition) is 2. The zero-order chi connectivity index (χ0) is 13.8. The molecule has 5 heteroatoms. The summed E-state index contributed by atoms with van der Waals surface area (Å²) in [5.74, 6) is -0.106. The van der Waals surface area contributed by atoms with Crippen LogP contribution in [0.1, 0.15) is 37.6 Å². The highest BCUT2D eigenvalue weighted by atomic mass is 79.9. The molecule has 0 saturated carbocycles. The van der Waals surface area contributed by atoms with Crippen molar-refractivity contribution in [3.05, 3.63) is 28.5 Å². The van der Waals surface area contributed by atoms with Crippen LogP contribution in [0, 0.1) is 5.92 Å². The first-order valence-electron chi connectivity index (χ1n) is 5.98. The van der Waals surface area contributed by atoms with Gasteiger partial charge in [-0.3, -0.25) is 9.78 Å². The second-order valence-electron chi connectivity index (χ2n) is 4.74. The number of nitrogens with one attached hydrogen (secondary N) is 1. The number of aliphatic hydroxyl groups is 1. The van der Waals surface area contributed by atoms with Gasteiger partial charge in [0.15, 0.2) is 0 Å². The average molecular weight is 315 g/mol. The van der Waals surface area contributed by atoms with Crippen molar-refractivity contribution in [1.82, 2.24) is 10.3 Å². The Hall–Kier alpha value is -0.940. The van der Waals surface area contributed by atoms with E-state index in [1.807, 2.05) is 13.8 Å². The van der Waals surface area contributed by atoms with Gasteiger partial charge in [0.25, 0.3) is 5.91 Å². The van der Waals surface area contributed by atoms with Crippen molar-refractivity contribution >= 4 is 21.8 Å². The monoisotopic (exact) mass is 314 g/mol. The normalized spacial score (nSPS) is 15.8. The smallest absolute Gasteiger partial charge is 0.252 e. The van der Waals surface area contributed by atoms with Crippen LogP contribution in [0.15, 0.2) is 22.9 Å². The molecule has 1 aromatic heterocycles. The predicted molar refractivity (Wildman–Crippen MR) is 74.3 cm³/mol. The average Bonchev–Trinajstić information content (AvgIpc) is 2.35. The van der Waals surface area contributed by atoms with E-state index in [0.29, 0.717) is 5.56 Å². The molecule has 0 aliphatic carbocycles. The highest BCUT2D eigenvalue weighted by Gasteiger charge is 2.27. The summed E-state index contributed by atoms with van der Waals surface area (Å²) in [4.78, 5) is 15.8. The van der Waals surface area contributed by atoms with Gasteiger partial charge in [0.1, 0.15) is 0 Å². The first kappa shape index (κ1) is 15.1. The molecular formula is C13H19BrN2O2. The molecule has 0 aliphatic heterocycles. The Morgan fingerprint density at radius 1 is 1.61 bits per heavy atom. The molecule has 2 unspecified atom stereocenters. The summed E-state index contributed by atoms with van der Waals surface area (Å²) in [6.07, 6.45) is 3.98. The molecule has 0 fully saturated rings. The molecule has 1 amide bonds. The van der Waals surface area contributed by atoms with Gasteiger partial charge in [-0.05, 0) is 34.8 Å². The second kappa shape index (κ2) is 6.29. The number of rotatable bonds is 5. The Bertz CT molecular complexity index is 421. The fourth-order valence-electron chi connectivity index (χ4n) is 1.51. The fraction of sp³-hybridized carbons (Fsp3) is 0.538. The van der Waals surface area contributed by atoms with Crippen LogP contribution >= 0.6 is 15.9 Å². The van der Waals surface area contributed by atoms with Crippen molar-refractivity contribution < 1.29 is 9.90 Å². The molecule has 0 aromatic carbocycles. The van der Waals surface area contributed by atoms with Crippen molar-refractivity contribution in [1.29, 1.82) is 0 Å². The van der Waals surface area contributed by atoms with Gasteiger partial charge in [0.2, 0.25) is 0 Å². The summed E-state index contributed by atoms with van der Waals surface area (Å²) in [7, 11) is 0. The maximum Gasteiger partial charge on any atom is 0.252 e. The molecule has 1 heterocycles. The number of nitrogens with zero attached hydrogens (tertiary/aromatic N) is 1. The highest BCUT2D eigenvalue weighted by Crippen LogP contribution is 2.19. The van der Waals surface area contributed by atoms with Crippen molar-refractivity contribution in [2.45, 2.75) is 32.8 Å². The van der Waals surface area contributed by atoms with Crippen molar-refractivity contribution in [2.75, 3.05) is 6.54 Å². The second-order valence-corrected chi connectivity index (χ2v) is 5.66. The lowest BCUT2D eigenvalue weighted by molar-refractivity contribution is 0.00592. The van der Waals surface area contributed by atoms with Crippen LogP contribution in [0.5, 0.6) is 0 Å². The zero-order valence-corrected chi connectivity index (χ0v) is 12.5. The van der Waals surface area contributed by atoms with Crippen LogP contribution < -0.4 is 5.32 Å². The molecule has 2 N–H and O–H groups in total. The number of pyridine rings is 1. The Balaban J connectivity index is 2.61. The minimum atomic E-state index is -0.899. The molecule has 0 bridgehead atoms. The van der Waals surface area contributed by atoms with E-state index < -0.39 is 5.60 Å². The minimum absolute atomic E-state index is 0.124. The molecule has 0 aliphatic rings. The van der Waals surface area contributed by atoms with E-state index in [2.05, 4.69) is 26.2 Å². The molecule has 1 aromatic rings. The Kier molecular flexibility index (Phi) is 5.28. The Labute approximate surface area is 116 Å². The number of amides is 1. The van der Waals surface area contributed by atoms with E-state index in [1.54, 1.807) is 19.2 Å². The summed E-state index contributed by atoms with van der Waals surface area (Å²) < 4.78 is 0.754. The standard InChI is InChI=1S/C13H19BrN2O2/c1-4-9(2)13(3,18)8-16-12(17)10-5-11(14)7-15-6-10/h5-7,9,18H,4,8H2,1-3H3,(H,16,17).